The van der Waals surface area contributed by atoms with Gasteiger partial charge in [-0.05, 0) is 0 Å². The Hall–Kier alpha value is 0.176. The minimum Gasteiger partial charge on any atom is -1.00 e. The third-order valence-electron chi connectivity index (χ3n) is 3.02. The van der Waals surface area contributed by atoms with E-state index in [1.165, 1.54) is 0 Å². The summed E-state index contributed by atoms with van der Waals surface area (Å²) in [4.78, 5) is 20.2. The summed E-state index contributed by atoms with van der Waals surface area (Å²) in [6, 6.07) is 0. The molecule has 0 heterocycles. The average molecular weight is 432 g/mol. The van der Waals surface area contributed by atoms with Gasteiger partial charge in [-0.3, -0.25) is 0 Å². The number of hydrogen-bond acceptors (Lipinski definition) is 12. The minimum absolute atomic E-state index is 0. The molecule has 0 saturated carbocycles. The Balaban J connectivity index is -0.000000192. The largest absolute Gasteiger partial charge is 1.00 e. The second kappa shape index (κ2) is 16.0. The van der Waals surface area contributed by atoms with Gasteiger partial charge in [0.05, 0.1) is 13.2 Å². The molecule has 0 amide bonds. The molecule has 0 aliphatic heterocycles. The number of aliphatic carboxylic acids is 2. The monoisotopic (exact) mass is 432 g/mol. The summed E-state index contributed by atoms with van der Waals surface area (Å²) in [5, 5.41) is 104. The molecule has 0 aromatic heterocycles. The van der Waals surface area contributed by atoms with E-state index >= 15 is 0 Å². The van der Waals surface area contributed by atoms with Gasteiger partial charge in [0.2, 0.25) is 0 Å². The van der Waals surface area contributed by atoms with E-state index < -0.39 is 74.0 Å². The molecule has 0 saturated heterocycles. The molecular weight excluding hydrogens is 407 g/mol. The van der Waals surface area contributed by atoms with Gasteiger partial charge in [-0.15, -0.1) is 0 Å². The third kappa shape index (κ3) is 11.7. The Morgan fingerprint density at radius 2 is 0.815 bits per heavy atom. The van der Waals surface area contributed by atoms with Gasteiger partial charge in [-0.1, -0.05) is 0 Å². The van der Waals surface area contributed by atoms with Gasteiger partial charge in [-0.25, -0.2) is 9.59 Å². The van der Waals surface area contributed by atoms with Gasteiger partial charge < -0.3 is 62.7 Å². The average Bonchev–Trinajstić information content (AvgIpc) is 2.62. The number of aliphatic hydroxyl groups is 10. The van der Waals surface area contributed by atoms with Gasteiger partial charge in [0.1, 0.15) is 36.6 Å². The smallest absolute Gasteiger partial charge is 1.00 e. The maximum absolute atomic E-state index is 10.1. The molecule has 158 valence electrons. The first-order chi connectivity index (χ1) is 11.8. The fourth-order valence-electron chi connectivity index (χ4n) is 1.34. The van der Waals surface area contributed by atoms with Crippen molar-refractivity contribution < 1.29 is 124 Å². The Labute approximate surface area is 196 Å². The van der Waals surface area contributed by atoms with Crippen molar-refractivity contribution >= 4 is 11.9 Å². The number of carbonyl (C=O) groups is 2. The molecule has 0 fully saturated rings. The summed E-state index contributed by atoms with van der Waals surface area (Å²) < 4.78 is 0. The van der Waals surface area contributed by atoms with Crippen LogP contribution < -0.4 is 51.4 Å². The molecule has 0 bridgehead atoms. The van der Waals surface area contributed by atoms with E-state index in [0.29, 0.717) is 0 Å². The molecule has 14 nitrogen and oxygen atoms in total. The van der Waals surface area contributed by atoms with Crippen molar-refractivity contribution in [3.63, 3.8) is 0 Å². The first-order valence-corrected chi connectivity index (χ1v) is 6.95. The summed E-state index contributed by atoms with van der Waals surface area (Å²) in [7, 11) is 0. The van der Waals surface area contributed by atoms with Crippen molar-refractivity contribution in [1.29, 1.82) is 0 Å². The van der Waals surface area contributed by atoms with Crippen LogP contribution in [0, 0.1) is 0 Å². The standard InChI is InChI=1S/2C6H12O7.K.H/c2*7-1-2(8)3(9)4(10)5(11)6(12)13;;/h2*2-5,7-11H,1H2,(H,12,13);;/q;;+1;-1/t2*2-,3-,4+,5-;;/m11../s1. The van der Waals surface area contributed by atoms with E-state index in [1.807, 2.05) is 0 Å². The summed E-state index contributed by atoms with van der Waals surface area (Å²) in [6.45, 7) is -1.69. The number of carboxylic acids is 2. The second-order valence-corrected chi connectivity index (χ2v) is 5.03. The van der Waals surface area contributed by atoms with E-state index in [2.05, 4.69) is 0 Å². The minimum atomic E-state index is -2.20. The molecular formula is C12H25KO14. The van der Waals surface area contributed by atoms with E-state index in [9.17, 15) is 9.59 Å². The van der Waals surface area contributed by atoms with Crippen LogP contribution in [0.1, 0.15) is 1.43 Å². The zero-order valence-corrected chi connectivity index (χ0v) is 17.3. The van der Waals surface area contributed by atoms with Crippen LogP contribution in [0.15, 0.2) is 0 Å². The second-order valence-electron chi connectivity index (χ2n) is 5.03. The summed E-state index contributed by atoms with van der Waals surface area (Å²) >= 11 is 0. The topological polar surface area (TPSA) is 277 Å². The first-order valence-electron chi connectivity index (χ1n) is 6.95. The van der Waals surface area contributed by atoms with Crippen molar-refractivity contribution in [2.24, 2.45) is 0 Å². The molecule has 0 aliphatic rings. The van der Waals surface area contributed by atoms with Crippen molar-refractivity contribution in [3.05, 3.63) is 0 Å². The fourth-order valence-corrected chi connectivity index (χ4v) is 1.34. The molecule has 15 heteroatoms. The quantitative estimate of drug-likeness (QED) is 0.143. The third-order valence-corrected chi connectivity index (χ3v) is 3.02. The molecule has 8 atom stereocenters. The van der Waals surface area contributed by atoms with Crippen LogP contribution in [-0.4, -0.2) is 135 Å². The van der Waals surface area contributed by atoms with Crippen LogP contribution in [0.4, 0.5) is 0 Å². The van der Waals surface area contributed by atoms with Crippen molar-refractivity contribution in [2.75, 3.05) is 13.2 Å². The van der Waals surface area contributed by atoms with Gasteiger partial charge in [0.25, 0.3) is 0 Å². The van der Waals surface area contributed by atoms with Crippen molar-refractivity contribution in [1.82, 2.24) is 0 Å². The van der Waals surface area contributed by atoms with Crippen molar-refractivity contribution in [2.45, 2.75) is 48.8 Å². The van der Waals surface area contributed by atoms with Gasteiger partial charge >= 0.3 is 63.3 Å². The van der Waals surface area contributed by atoms with E-state index in [4.69, 9.17) is 61.3 Å². The predicted molar refractivity (Wildman–Crippen MR) is 78.6 cm³/mol. The van der Waals surface area contributed by atoms with E-state index in [-0.39, 0.29) is 52.8 Å². The van der Waals surface area contributed by atoms with Gasteiger partial charge in [-0.2, -0.15) is 0 Å². The van der Waals surface area contributed by atoms with Gasteiger partial charge in [0.15, 0.2) is 12.2 Å². The van der Waals surface area contributed by atoms with Crippen LogP contribution in [0.25, 0.3) is 0 Å². The maximum Gasteiger partial charge on any atom is 1.00 e. The molecule has 0 aromatic rings. The van der Waals surface area contributed by atoms with Crippen molar-refractivity contribution in [3.8, 4) is 0 Å². The van der Waals surface area contributed by atoms with E-state index in [1.54, 1.807) is 0 Å². The normalized spacial score (nSPS) is 19.6. The zero-order chi connectivity index (χ0) is 21.2. The number of carboxylic acid groups (broad SMARTS) is 2. The molecule has 0 unspecified atom stereocenters. The maximum atomic E-state index is 10.1. The van der Waals surface area contributed by atoms with Crippen LogP contribution >= 0.6 is 0 Å². The predicted octanol–water partition coefficient (Wildman–Crippen LogP) is -9.87. The Morgan fingerprint density at radius 1 is 0.593 bits per heavy atom. The summed E-state index contributed by atoms with van der Waals surface area (Å²) in [5.41, 5.74) is 0. The van der Waals surface area contributed by atoms with Gasteiger partial charge in [0, 0.05) is 0 Å². The molecule has 27 heavy (non-hydrogen) atoms. The molecule has 0 spiro atoms. The van der Waals surface area contributed by atoms with E-state index in [0.717, 1.165) is 0 Å². The number of hydrogen-bond donors (Lipinski definition) is 12. The summed E-state index contributed by atoms with van der Waals surface area (Å²) in [5.74, 6) is -3.45. The Bertz CT molecular complexity index is 391. The van der Waals surface area contributed by atoms with Crippen LogP contribution in [0.5, 0.6) is 0 Å². The van der Waals surface area contributed by atoms with Crippen LogP contribution in [0.3, 0.4) is 0 Å². The Kier molecular flexibility index (Phi) is 18.9. The number of rotatable bonds is 10. The zero-order valence-electron chi connectivity index (χ0n) is 15.2. The van der Waals surface area contributed by atoms with Crippen LogP contribution in [-0.2, 0) is 9.59 Å². The SMILES string of the molecule is O=C(O)[C@H](O)[C@@H](O)[C@H](O)[C@H](O)CO.O=C(O)[C@H](O)[C@@H](O)[C@H](O)[C@H](O)CO.[H-].[K+]. The first kappa shape index (κ1) is 31.9. The fraction of sp³-hybridized carbons (Fsp3) is 0.833. The Morgan fingerprint density at radius 3 is 0.963 bits per heavy atom. The molecule has 0 aliphatic carbocycles. The molecule has 0 aromatic carbocycles. The molecule has 0 rings (SSSR count). The summed E-state index contributed by atoms with van der Waals surface area (Å²) in [6.07, 6.45) is -15.7. The molecule has 12 N–H and O–H groups in total. The molecule has 0 radical (unpaired) electrons. The number of aliphatic hydroxyl groups excluding tert-OH is 10. The van der Waals surface area contributed by atoms with Crippen LogP contribution in [0.2, 0.25) is 0 Å².